The van der Waals surface area contributed by atoms with E-state index in [1.807, 2.05) is 0 Å². The highest BCUT2D eigenvalue weighted by atomic mass is 16.3. The van der Waals surface area contributed by atoms with E-state index >= 15 is 0 Å². The number of aromatic nitrogens is 2. The van der Waals surface area contributed by atoms with Crippen molar-refractivity contribution < 1.29 is 5.11 Å². The molecule has 0 radical (unpaired) electrons. The standard InChI is InChI=1S/C7H10N2O2/c1-6(10)5-9-7(11)3-2-4-8-9/h2-4,6,10H,5H2,1H3/t6-/m0/s1. The Bertz CT molecular complexity index is 280. The van der Waals surface area contributed by atoms with Crippen molar-refractivity contribution in [3.05, 3.63) is 28.7 Å². The second-order valence-corrected chi connectivity index (χ2v) is 2.39. The molecule has 60 valence electrons. The highest BCUT2D eigenvalue weighted by molar-refractivity contribution is 4.84. The van der Waals surface area contributed by atoms with E-state index in [-0.39, 0.29) is 12.1 Å². The van der Waals surface area contributed by atoms with Gasteiger partial charge in [0.25, 0.3) is 5.56 Å². The minimum atomic E-state index is -0.539. The molecule has 0 aliphatic rings. The summed E-state index contributed by atoms with van der Waals surface area (Å²) < 4.78 is 1.23. The average Bonchev–Trinajstić information content (AvgIpc) is 1.93. The minimum Gasteiger partial charge on any atom is -0.391 e. The Morgan fingerprint density at radius 3 is 3.09 bits per heavy atom. The molecule has 4 heteroatoms. The third kappa shape index (κ3) is 2.16. The fraction of sp³-hybridized carbons (Fsp3) is 0.429. The predicted octanol–water partition coefficient (Wildman–Crippen LogP) is -0.376. The summed E-state index contributed by atoms with van der Waals surface area (Å²) in [7, 11) is 0. The van der Waals surface area contributed by atoms with Gasteiger partial charge < -0.3 is 5.11 Å². The van der Waals surface area contributed by atoms with Crippen LogP contribution in [-0.4, -0.2) is 21.0 Å². The number of hydrogen-bond donors (Lipinski definition) is 1. The molecule has 4 nitrogen and oxygen atoms in total. The summed E-state index contributed by atoms with van der Waals surface area (Å²) in [5.41, 5.74) is -0.187. The maximum atomic E-state index is 10.9. The van der Waals surface area contributed by atoms with E-state index in [4.69, 9.17) is 5.11 Å². The molecule has 11 heavy (non-hydrogen) atoms. The van der Waals surface area contributed by atoms with Gasteiger partial charge in [0.05, 0.1) is 12.6 Å². The first-order valence-corrected chi connectivity index (χ1v) is 3.40. The third-order valence-electron chi connectivity index (χ3n) is 1.22. The van der Waals surface area contributed by atoms with Gasteiger partial charge in [-0.1, -0.05) is 0 Å². The number of aliphatic hydroxyl groups is 1. The molecule has 1 aromatic rings. The summed E-state index contributed by atoms with van der Waals surface area (Å²) >= 11 is 0. The van der Waals surface area contributed by atoms with Crippen molar-refractivity contribution in [3.8, 4) is 0 Å². The van der Waals surface area contributed by atoms with Crippen LogP contribution >= 0.6 is 0 Å². The molecule has 0 saturated heterocycles. The Balaban J connectivity index is 2.87. The van der Waals surface area contributed by atoms with Crippen LogP contribution in [0, 0.1) is 0 Å². The number of hydrogen-bond acceptors (Lipinski definition) is 3. The van der Waals surface area contributed by atoms with Gasteiger partial charge in [-0.3, -0.25) is 4.79 Å². The Hall–Kier alpha value is -1.16. The van der Waals surface area contributed by atoms with Crippen molar-refractivity contribution in [2.45, 2.75) is 19.6 Å². The van der Waals surface area contributed by atoms with Crippen LogP contribution in [0.5, 0.6) is 0 Å². The molecule has 0 saturated carbocycles. The largest absolute Gasteiger partial charge is 0.391 e. The molecular weight excluding hydrogens is 144 g/mol. The Morgan fingerprint density at radius 2 is 2.55 bits per heavy atom. The van der Waals surface area contributed by atoms with Crippen molar-refractivity contribution in [1.82, 2.24) is 9.78 Å². The molecule has 1 aromatic heterocycles. The van der Waals surface area contributed by atoms with Gasteiger partial charge in [0, 0.05) is 12.3 Å². The fourth-order valence-corrected chi connectivity index (χ4v) is 0.775. The van der Waals surface area contributed by atoms with Gasteiger partial charge in [0.2, 0.25) is 0 Å². The van der Waals surface area contributed by atoms with Gasteiger partial charge in [-0.2, -0.15) is 5.10 Å². The van der Waals surface area contributed by atoms with Crippen LogP contribution in [0.4, 0.5) is 0 Å². The predicted molar refractivity (Wildman–Crippen MR) is 40.2 cm³/mol. The summed E-state index contributed by atoms with van der Waals surface area (Å²) in [6.07, 6.45) is 0.978. The molecule has 1 heterocycles. The van der Waals surface area contributed by atoms with Gasteiger partial charge in [-0.25, -0.2) is 4.68 Å². The van der Waals surface area contributed by atoms with E-state index in [9.17, 15) is 4.79 Å². The monoisotopic (exact) mass is 154 g/mol. The lowest BCUT2D eigenvalue weighted by molar-refractivity contribution is 0.166. The van der Waals surface area contributed by atoms with Crippen molar-refractivity contribution in [2.24, 2.45) is 0 Å². The lowest BCUT2D eigenvalue weighted by Gasteiger charge is -2.04. The van der Waals surface area contributed by atoms with E-state index in [1.54, 1.807) is 13.0 Å². The highest BCUT2D eigenvalue weighted by Gasteiger charge is 1.98. The normalized spacial score (nSPS) is 12.9. The van der Waals surface area contributed by atoms with Crippen LogP contribution in [0.1, 0.15) is 6.92 Å². The zero-order chi connectivity index (χ0) is 8.27. The number of nitrogens with zero attached hydrogens (tertiary/aromatic N) is 2. The number of rotatable bonds is 2. The summed E-state index contributed by atoms with van der Waals surface area (Å²) in [6.45, 7) is 1.86. The van der Waals surface area contributed by atoms with E-state index < -0.39 is 6.10 Å². The van der Waals surface area contributed by atoms with Crippen LogP contribution in [0.2, 0.25) is 0 Å². The summed E-state index contributed by atoms with van der Waals surface area (Å²) in [6, 6.07) is 2.98. The van der Waals surface area contributed by atoms with Crippen molar-refractivity contribution in [1.29, 1.82) is 0 Å². The highest BCUT2D eigenvalue weighted by Crippen LogP contribution is 1.82. The molecule has 0 aromatic carbocycles. The molecule has 0 spiro atoms. The first kappa shape index (κ1) is 7.94. The first-order chi connectivity index (χ1) is 5.20. The average molecular weight is 154 g/mol. The summed E-state index contributed by atoms with van der Waals surface area (Å²) in [5, 5.41) is 12.7. The van der Waals surface area contributed by atoms with Crippen LogP contribution < -0.4 is 5.56 Å². The Kier molecular flexibility index (Phi) is 2.38. The SMILES string of the molecule is C[C@H](O)Cn1ncccc1=O. The molecule has 1 N–H and O–H groups in total. The molecular formula is C7H10N2O2. The van der Waals surface area contributed by atoms with Gasteiger partial charge in [-0.05, 0) is 13.0 Å². The van der Waals surface area contributed by atoms with E-state index in [1.165, 1.54) is 16.9 Å². The fourth-order valence-electron chi connectivity index (χ4n) is 0.775. The van der Waals surface area contributed by atoms with Crippen LogP contribution in [0.3, 0.4) is 0 Å². The first-order valence-electron chi connectivity index (χ1n) is 3.40. The molecule has 0 fully saturated rings. The van der Waals surface area contributed by atoms with Crippen LogP contribution in [0.25, 0.3) is 0 Å². The van der Waals surface area contributed by atoms with Crippen LogP contribution in [0.15, 0.2) is 23.1 Å². The van der Waals surface area contributed by atoms with Gasteiger partial charge in [0.1, 0.15) is 0 Å². The molecule has 0 unspecified atom stereocenters. The number of aliphatic hydroxyl groups excluding tert-OH is 1. The summed E-state index contributed by atoms with van der Waals surface area (Å²) in [4.78, 5) is 10.9. The summed E-state index contributed by atoms with van der Waals surface area (Å²) in [5.74, 6) is 0. The smallest absolute Gasteiger partial charge is 0.266 e. The molecule has 1 rings (SSSR count). The Labute approximate surface area is 64.1 Å². The topological polar surface area (TPSA) is 55.1 Å². The van der Waals surface area contributed by atoms with E-state index in [2.05, 4.69) is 5.10 Å². The molecule has 0 amide bonds. The van der Waals surface area contributed by atoms with Gasteiger partial charge in [0.15, 0.2) is 0 Å². The third-order valence-corrected chi connectivity index (χ3v) is 1.22. The maximum absolute atomic E-state index is 10.9. The Morgan fingerprint density at radius 1 is 1.82 bits per heavy atom. The van der Waals surface area contributed by atoms with E-state index in [0.717, 1.165) is 0 Å². The molecule has 0 bridgehead atoms. The zero-order valence-electron chi connectivity index (χ0n) is 6.27. The maximum Gasteiger partial charge on any atom is 0.266 e. The van der Waals surface area contributed by atoms with Crippen molar-refractivity contribution >= 4 is 0 Å². The quantitative estimate of drug-likeness (QED) is 0.632. The van der Waals surface area contributed by atoms with Crippen molar-refractivity contribution in [2.75, 3.05) is 0 Å². The lowest BCUT2D eigenvalue weighted by atomic mass is 10.4. The lowest BCUT2D eigenvalue weighted by Crippen LogP contribution is -2.26. The second-order valence-electron chi connectivity index (χ2n) is 2.39. The molecule has 0 aliphatic heterocycles. The molecule has 0 aliphatic carbocycles. The van der Waals surface area contributed by atoms with E-state index in [0.29, 0.717) is 0 Å². The van der Waals surface area contributed by atoms with Gasteiger partial charge in [-0.15, -0.1) is 0 Å². The zero-order valence-corrected chi connectivity index (χ0v) is 6.27. The van der Waals surface area contributed by atoms with Crippen LogP contribution in [-0.2, 0) is 6.54 Å². The molecule has 1 atom stereocenters. The second kappa shape index (κ2) is 3.30. The minimum absolute atomic E-state index is 0.187. The van der Waals surface area contributed by atoms with Crippen molar-refractivity contribution in [3.63, 3.8) is 0 Å². The van der Waals surface area contributed by atoms with Gasteiger partial charge >= 0.3 is 0 Å².